The minimum absolute atomic E-state index is 0.150. The highest BCUT2D eigenvalue weighted by Crippen LogP contribution is 2.39. The molecule has 0 unspecified atom stereocenters. The Morgan fingerprint density at radius 1 is 1.08 bits per heavy atom. The number of hydrogen-bond donors (Lipinski definition) is 2. The lowest BCUT2D eigenvalue weighted by Gasteiger charge is -2.06. The number of halogens is 1. The third-order valence-corrected chi connectivity index (χ3v) is 4.32. The first kappa shape index (κ1) is 14.7. The van der Waals surface area contributed by atoms with Crippen LogP contribution in [0.2, 0.25) is 5.02 Å². The molecule has 118 valence electrons. The van der Waals surface area contributed by atoms with E-state index >= 15 is 0 Å². The zero-order valence-corrected chi connectivity index (χ0v) is 13.7. The topological polar surface area (TPSA) is 61.0 Å². The van der Waals surface area contributed by atoms with E-state index in [2.05, 4.69) is 10.2 Å². The molecule has 0 atom stereocenters. The molecule has 3 aromatic rings. The van der Waals surface area contributed by atoms with Crippen LogP contribution in [0, 0.1) is 6.92 Å². The van der Waals surface area contributed by atoms with Crippen LogP contribution < -0.4 is 5.56 Å². The molecular formula is C19H14ClN3O. The molecule has 0 spiro atoms. The zero-order chi connectivity index (χ0) is 16.7. The van der Waals surface area contributed by atoms with Crippen LogP contribution in [0.25, 0.3) is 11.6 Å². The molecule has 2 heterocycles. The summed E-state index contributed by atoms with van der Waals surface area (Å²) in [6.45, 7) is 1.86. The van der Waals surface area contributed by atoms with E-state index in [9.17, 15) is 4.79 Å². The number of fused-ring (bicyclic) bond motifs is 1. The van der Waals surface area contributed by atoms with Gasteiger partial charge in [-0.2, -0.15) is 0 Å². The summed E-state index contributed by atoms with van der Waals surface area (Å²) < 4.78 is 0. The van der Waals surface area contributed by atoms with Crippen LogP contribution in [0.15, 0.2) is 58.3 Å². The van der Waals surface area contributed by atoms with E-state index in [0.717, 1.165) is 33.8 Å². The maximum atomic E-state index is 12.1. The van der Waals surface area contributed by atoms with Crippen molar-refractivity contribution in [2.45, 2.75) is 6.92 Å². The highest BCUT2D eigenvalue weighted by molar-refractivity contribution is 6.39. The summed E-state index contributed by atoms with van der Waals surface area (Å²) in [5.74, 6) is 0. The van der Waals surface area contributed by atoms with E-state index in [1.807, 2.05) is 61.5 Å². The number of H-pyrrole nitrogens is 2. The number of benzene rings is 2. The first-order valence-electron chi connectivity index (χ1n) is 7.57. The number of allylic oxidation sites excluding steroid dienone is 1. The van der Waals surface area contributed by atoms with Crippen molar-refractivity contribution < 1.29 is 0 Å². The van der Waals surface area contributed by atoms with Gasteiger partial charge in [-0.25, -0.2) is 4.99 Å². The number of nitrogens with one attached hydrogen (secondary N) is 2. The van der Waals surface area contributed by atoms with Gasteiger partial charge in [-0.3, -0.25) is 9.89 Å². The molecule has 0 bridgehead atoms. The van der Waals surface area contributed by atoms with E-state index in [4.69, 9.17) is 16.6 Å². The molecule has 0 fully saturated rings. The van der Waals surface area contributed by atoms with Gasteiger partial charge in [0, 0.05) is 27.4 Å². The summed E-state index contributed by atoms with van der Waals surface area (Å²) in [6, 6.07) is 15.5. The predicted molar refractivity (Wildman–Crippen MR) is 98.1 cm³/mol. The number of aliphatic imine (C=N–C) groups is 1. The molecule has 0 aliphatic carbocycles. The first-order chi connectivity index (χ1) is 11.6. The fourth-order valence-corrected chi connectivity index (χ4v) is 3.04. The Labute approximate surface area is 143 Å². The molecule has 24 heavy (non-hydrogen) atoms. The second-order valence-corrected chi connectivity index (χ2v) is 6.10. The highest BCUT2D eigenvalue weighted by atomic mass is 35.5. The number of hydrogen-bond acceptors (Lipinski definition) is 2. The van der Waals surface area contributed by atoms with Crippen LogP contribution in [0.5, 0.6) is 0 Å². The quantitative estimate of drug-likeness (QED) is 0.719. The second-order valence-electron chi connectivity index (χ2n) is 5.66. The molecule has 1 aliphatic rings. The molecule has 0 radical (unpaired) electrons. The van der Waals surface area contributed by atoms with Crippen molar-refractivity contribution in [3.63, 3.8) is 0 Å². The monoisotopic (exact) mass is 335 g/mol. The minimum Gasteiger partial charge on any atom is -0.302 e. The summed E-state index contributed by atoms with van der Waals surface area (Å²) >= 11 is 6.17. The van der Waals surface area contributed by atoms with Crippen LogP contribution in [-0.2, 0) is 0 Å². The lowest BCUT2D eigenvalue weighted by Crippen LogP contribution is -2.05. The third kappa shape index (κ3) is 2.41. The number of aromatic nitrogens is 2. The Hall–Kier alpha value is -2.85. The SMILES string of the molecule is Cc1[nH][nH]c(=O)c1/C=C1/C(c2ccccc2)=Nc2ccc(Cl)cc21. The van der Waals surface area contributed by atoms with E-state index in [-0.39, 0.29) is 5.56 Å². The van der Waals surface area contributed by atoms with Gasteiger partial charge in [0.2, 0.25) is 0 Å². The maximum Gasteiger partial charge on any atom is 0.271 e. The molecule has 2 aromatic carbocycles. The van der Waals surface area contributed by atoms with Crippen molar-refractivity contribution in [2.75, 3.05) is 0 Å². The highest BCUT2D eigenvalue weighted by Gasteiger charge is 2.23. The van der Waals surface area contributed by atoms with Crippen LogP contribution >= 0.6 is 11.6 Å². The Morgan fingerprint density at radius 2 is 1.88 bits per heavy atom. The molecule has 0 saturated heterocycles. The van der Waals surface area contributed by atoms with Crippen molar-refractivity contribution in [3.05, 3.63) is 86.3 Å². The average Bonchev–Trinajstić information content (AvgIpc) is 3.11. The summed E-state index contributed by atoms with van der Waals surface area (Å²) in [7, 11) is 0. The smallest absolute Gasteiger partial charge is 0.271 e. The third-order valence-electron chi connectivity index (χ3n) is 4.08. The Kier molecular flexibility index (Phi) is 3.47. The minimum atomic E-state index is -0.150. The predicted octanol–water partition coefficient (Wildman–Crippen LogP) is 4.34. The maximum absolute atomic E-state index is 12.1. The molecule has 1 aliphatic heterocycles. The van der Waals surface area contributed by atoms with Gasteiger partial charge in [-0.1, -0.05) is 41.9 Å². The summed E-state index contributed by atoms with van der Waals surface area (Å²) in [4.78, 5) is 16.8. The normalized spacial score (nSPS) is 14.8. The van der Waals surface area contributed by atoms with Crippen LogP contribution in [0.3, 0.4) is 0 Å². The van der Waals surface area contributed by atoms with Gasteiger partial charge in [-0.15, -0.1) is 0 Å². The largest absolute Gasteiger partial charge is 0.302 e. The fourth-order valence-electron chi connectivity index (χ4n) is 2.87. The van der Waals surface area contributed by atoms with Crippen LogP contribution in [0.1, 0.15) is 22.4 Å². The van der Waals surface area contributed by atoms with Crippen LogP contribution in [0.4, 0.5) is 5.69 Å². The molecule has 1 aromatic heterocycles. The van der Waals surface area contributed by atoms with E-state index in [0.29, 0.717) is 10.6 Å². The van der Waals surface area contributed by atoms with Crippen molar-refractivity contribution in [3.8, 4) is 0 Å². The Balaban J connectivity index is 1.96. The van der Waals surface area contributed by atoms with E-state index in [1.54, 1.807) is 0 Å². The van der Waals surface area contributed by atoms with Crippen molar-refractivity contribution >= 4 is 34.6 Å². The Morgan fingerprint density at radius 3 is 2.58 bits per heavy atom. The molecule has 0 amide bonds. The first-order valence-corrected chi connectivity index (χ1v) is 7.94. The molecular weight excluding hydrogens is 322 g/mol. The van der Waals surface area contributed by atoms with E-state index in [1.165, 1.54) is 0 Å². The molecule has 2 N–H and O–H groups in total. The standard InChI is InChI=1S/C19H14ClN3O/c1-11-14(19(24)23-22-11)10-16-15-9-13(20)7-8-17(15)21-18(16)12-5-3-2-4-6-12/h2-10H,1H3,(H2,22,23,24)/b16-10+. The molecule has 4 rings (SSSR count). The van der Waals surface area contributed by atoms with Crippen molar-refractivity contribution in [1.82, 2.24) is 10.2 Å². The number of aromatic amines is 2. The Bertz CT molecular complexity index is 1040. The number of nitrogens with zero attached hydrogens (tertiary/aromatic N) is 1. The van der Waals surface area contributed by atoms with Gasteiger partial charge in [0.1, 0.15) is 0 Å². The molecule has 5 heteroatoms. The second kappa shape index (κ2) is 5.65. The molecule has 0 saturated carbocycles. The fraction of sp³-hybridized carbons (Fsp3) is 0.0526. The molecule has 4 nitrogen and oxygen atoms in total. The zero-order valence-electron chi connectivity index (χ0n) is 12.9. The van der Waals surface area contributed by atoms with Crippen molar-refractivity contribution in [2.24, 2.45) is 4.99 Å². The average molecular weight is 336 g/mol. The summed E-state index contributed by atoms with van der Waals surface area (Å²) in [5, 5.41) is 6.11. The summed E-state index contributed by atoms with van der Waals surface area (Å²) in [5.41, 5.74) is 5.76. The van der Waals surface area contributed by atoms with Gasteiger partial charge >= 0.3 is 0 Å². The lowest BCUT2D eigenvalue weighted by atomic mass is 9.96. The number of aryl methyl sites for hydroxylation is 1. The van der Waals surface area contributed by atoms with Gasteiger partial charge < -0.3 is 5.10 Å². The van der Waals surface area contributed by atoms with Gasteiger partial charge in [-0.05, 0) is 31.2 Å². The number of rotatable bonds is 2. The van der Waals surface area contributed by atoms with E-state index < -0.39 is 0 Å². The van der Waals surface area contributed by atoms with Gasteiger partial charge in [0.25, 0.3) is 5.56 Å². The lowest BCUT2D eigenvalue weighted by molar-refractivity contribution is 1.02. The van der Waals surface area contributed by atoms with Crippen LogP contribution in [-0.4, -0.2) is 15.9 Å². The van der Waals surface area contributed by atoms with Crippen molar-refractivity contribution in [1.29, 1.82) is 0 Å². The summed E-state index contributed by atoms with van der Waals surface area (Å²) in [6.07, 6.45) is 1.87. The van der Waals surface area contributed by atoms with Gasteiger partial charge in [0.15, 0.2) is 0 Å². The van der Waals surface area contributed by atoms with Gasteiger partial charge in [0.05, 0.1) is 17.0 Å².